The zero-order valence-electron chi connectivity index (χ0n) is 31.9. The van der Waals surface area contributed by atoms with Gasteiger partial charge in [0, 0.05) is 22.1 Å². The largest absolute Gasteiger partial charge is 0.228 e. The van der Waals surface area contributed by atoms with Crippen LogP contribution in [-0.4, -0.2) is 9.97 Å². The summed E-state index contributed by atoms with van der Waals surface area (Å²) in [5, 5.41) is 7.52. The molecule has 0 aliphatic heterocycles. The van der Waals surface area contributed by atoms with Gasteiger partial charge in [-0.3, -0.25) is 0 Å². The Morgan fingerprint density at radius 1 is 0.351 bits per heavy atom. The topological polar surface area (TPSA) is 25.8 Å². The van der Waals surface area contributed by atoms with Crippen molar-refractivity contribution in [3.8, 4) is 67.3 Å². The fourth-order valence-corrected chi connectivity index (χ4v) is 9.40. The first-order chi connectivity index (χ1) is 28.0. The van der Waals surface area contributed by atoms with E-state index in [2.05, 4.69) is 208 Å². The zero-order valence-corrected chi connectivity index (χ0v) is 31.9. The third-order valence-corrected chi connectivity index (χ3v) is 12.1. The van der Waals surface area contributed by atoms with Crippen LogP contribution in [-0.2, 0) is 5.41 Å². The maximum absolute atomic E-state index is 5.38. The number of benzene rings is 9. The molecule has 0 saturated heterocycles. The van der Waals surface area contributed by atoms with E-state index in [0.717, 1.165) is 28.1 Å². The number of rotatable bonds is 5. The van der Waals surface area contributed by atoms with Gasteiger partial charge in [0.25, 0.3) is 0 Å². The second-order valence-corrected chi connectivity index (χ2v) is 15.7. The maximum Gasteiger partial charge on any atom is 0.160 e. The first-order valence-electron chi connectivity index (χ1n) is 19.7. The maximum atomic E-state index is 5.38. The highest BCUT2D eigenvalue weighted by atomic mass is 14.9. The second-order valence-electron chi connectivity index (χ2n) is 15.7. The Bertz CT molecular complexity index is 3190. The van der Waals surface area contributed by atoms with E-state index >= 15 is 0 Å². The molecule has 0 spiro atoms. The number of hydrogen-bond donors (Lipinski definition) is 0. The van der Waals surface area contributed by atoms with Gasteiger partial charge < -0.3 is 0 Å². The first kappa shape index (κ1) is 33.2. The van der Waals surface area contributed by atoms with Gasteiger partial charge >= 0.3 is 0 Å². The van der Waals surface area contributed by atoms with Crippen molar-refractivity contribution in [1.29, 1.82) is 0 Å². The van der Waals surface area contributed by atoms with Crippen molar-refractivity contribution in [2.75, 3.05) is 0 Å². The molecule has 57 heavy (non-hydrogen) atoms. The molecule has 1 aliphatic carbocycles. The Hall–Kier alpha value is -7.16. The summed E-state index contributed by atoms with van der Waals surface area (Å²) in [6.07, 6.45) is 0. The molecule has 0 fully saturated rings. The molecule has 2 heteroatoms. The van der Waals surface area contributed by atoms with Gasteiger partial charge in [-0.05, 0) is 89.0 Å². The predicted octanol–water partition coefficient (Wildman–Crippen LogP) is 14.6. The van der Waals surface area contributed by atoms with Gasteiger partial charge in [-0.2, -0.15) is 0 Å². The summed E-state index contributed by atoms with van der Waals surface area (Å²) in [6.45, 7) is 4.71. The van der Waals surface area contributed by atoms with E-state index in [0.29, 0.717) is 5.82 Å². The van der Waals surface area contributed by atoms with Gasteiger partial charge in [0.2, 0.25) is 0 Å². The Morgan fingerprint density at radius 2 is 0.947 bits per heavy atom. The summed E-state index contributed by atoms with van der Waals surface area (Å²) in [6, 6.07) is 70.1. The first-order valence-corrected chi connectivity index (χ1v) is 19.7. The third kappa shape index (κ3) is 5.33. The van der Waals surface area contributed by atoms with E-state index in [4.69, 9.17) is 9.97 Å². The van der Waals surface area contributed by atoms with Crippen LogP contribution in [0.5, 0.6) is 0 Å². The Balaban J connectivity index is 1.07. The van der Waals surface area contributed by atoms with Crippen molar-refractivity contribution in [3.05, 3.63) is 205 Å². The van der Waals surface area contributed by atoms with Gasteiger partial charge in [0.1, 0.15) is 0 Å². The van der Waals surface area contributed by atoms with Gasteiger partial charge in [0.15, 0.2) is 5.82 Å². The zero-order chi connectivity index (χ0) is 38.1. The molecule has 0 N–H and O–H groups in total. The molecule has 0 unspecified atom stereocenters. The molecule has 10 aromatic rings. The Labute approximate surface area is 332 Å². The monoisotopic (exact) mass is 726 g/mol. The standard InChI is InChI=1S/C55H38N2/c1-55(2)49-26-13-12-22-43(49)47-25-14-24-46(53(47)55)42-21-10-11-23-44(42)51-34-50(36-16-4-3-5-17-36)56-54(57-51)38-29-27-37(28-30-38)52-41-20-9-7-18-39(41)33-48-40-19-8-6-15-35(40)31-32-45(48)52/h3-34H,1-2H3. The van der Waals surface area contributed by atoms with Crippen LogP contribution in [0.1, 0.15) is 25.0 Å². The minimum atomic E-state index is -0.147. The molecular weight excluding hydrogens is 689 g/mol. The number of aromatic nitrogens is 2. The normalized spacial score (nSPS) is 12.9. The van der Waals surface area contributed by atoms with E-state index in [1.165, 1.54) is 76.8 Å². The molecule has 0 saturated carbocycles. The smallest absolute Gasteiger partial charge is 0.160 e. The van der Waals surface area contributed by atoms with Crippen molar-refractivity contribution >= 4 is 32.3 Å². The fraction of sp³-hybridized carbons (Fsp3) is 0.0545. The minimum absolute atomic E-state index is 0.147. The SMILES string of the molecule is CC1(C)c2ccccc2-c2cccc(-c3ccccc3-c3cc(-c4ccccc4)nc(-c4ccc(-c5c6ccccc6cc6c5ccc5ccccc56)cc4)n3)c21. The lowest BCUT2D eigenvalue weighted by Gasteiger charge is -2.25. The van der Waals surface area contributed by atoms with E-state index in [1.807, 2.05) is 0 Å². The Morgan fingerprint density at radius 3 is 1.75 bits per heavy atom. The van der Waals surface area contributed by atoms with E-state index in [1.54, 1.807) is 0 Å². The van der Waals surface area contributed by atoms with Crippen LogP contribution in [0.3, 0.4) is 0 Å². The van der Waals surface area contributed by atoms with Gasteiger partial charge in [-0.15, -0.1) is 0 Å². The molecule has 0 radical (unpaired) electrons. The van der Waals surface area contributed by atoms with Gasteiger partial charge in [-0.1, -0.05) is 196 Å². The summed E-state index contributed by atoms with van der Waals surface area (Å²) in [5.41, 5.74) is 15.0. The quantitative estimate of drug-likeness (QED) is 0.130. The molecule has 0 amide bonds. The van der Waals surface area contributed by atoms with Crippen molar-refractivity contribution in [3.63, 3.8) is 0 Å². The van der Waals surface area contributed by atoms with Crippen LogP contribution < -0.4 is 0 Å². The molecule has 2 nitrogen and oxygen atoms in total. The van der Waals surface area contributed by atoms with Crippen LogP contribution in [0.2, 0.25) is 0 Å². The van der Waals surface area contributed by atoms with Gasteiger partial charge in [-0.25, -0.2) is 9.97 Å². The highest BCUT2D eigenvalue weighted by Crippen LogP contribution is 2.53. The second kappa shape index (κ2) is 13.0. The van der Waals surface area contributed by atoms with Crippen LogP contribution in [0.4, 0.5) is 0 Å². The minimum Gasteiger partial charge on any atom is -0.228 e. The highest BCUT2D eigenvalue weighted by molar-refractivity contribution is 6.20. The van der Waals surface area contributed by atoms with Crippen LogP contribution in [0, 0.1) is 0 Å². The van der Waals surface area contributed by atoms with E-state index in [-0.39, 0.29) is 5.41 Å². The summed E-state index contributed by atoms with van der Waals surface area (Å²) in [7, 11) is 0. The fourth-order valence-electron chi connectivity index (χ4n) is 9.40. The number of hydrogen-bond acceptors (Lipinski definition) is 2. The molecule has 0 atom stereocenters. The van der Waals surface area contributed by atoms with Crippen molar-refractivity contribution in [2.45, 2.75) is 19.3 Å². The van der Waals surface area contributed by atoms with Crippen molar-refractivity contribution in [2.24, 2.45) is 0 Å². The molecule has 1 heterocycles. The van der Waals surface area contributed by atoms with E-state index in [9.17, 15) is 0 Å². The lowest BCUT2D eigenvalue weighted by molar-refractivity contribution is 0.662. The molecule has 1 aliphatic rings. The predicted molar refractivity (Wildman–Crippen MR) is 239 cm³/mol. The lowest BCUT2D eigenvalue weighted by Crippen LogP contribution is -2.16. The lowest BCUT2D eigenvalue weighted by atomic mass is 9.78. The number of nitrogens with zero attached hydrogens (tertiary/aromatic N) is 2. The van der Waals surface area contributed by atoms with Crippen LogP contribution in [0.25, 0.3) is 99.6 Å². The molecule has 9 aromatic carbocycles. The summed E-state index contributed by atoms with van der Waals surface area (Å²) in [5.74, 6) is 0.701. The highest BCUT2D eigenvalue weighted by Gasteiger charge is 2.37. The average molecular weight is 727 g/mol. The van der Waals surface area contributed by atoms with Crippen molar-refractivity contribution in [1.82, 2.24) is 9.97 Å². The molecule has 0 bridgehead atoms. The van der Waals surface area contributed by atoms with Crippen LogP contribution in [0.15, 0.2) is 194 Å². The van der Waals surface area contributed by atoms with Crippen molar-refractivity contribution < 1.29 is 0 Å². The summed E-state index contributed by atoms with van der Waals surface area (Å²) in [4.78, 5) is 10.6. The molecule has 11 rings (SSSR count). The summed E-state index contributed by atoms with van der Waals surface area (Å²) < 4.78 is 0. The third-order valence-electron chi connectivity index (χ3n) is 12.1. The summed E-state index contributed by atoms with van der Waals surface area (Å²) >= 11 is 0. The van der Waals surface area contributed by atoms with E-state index < -0.39 is 0 Å². The average Bonchev–Trinajstić information content (AvgIpc) is 3.51. The molecule has 1 aromatic heterocycles. The molecule has 268 valence electrons. The Kier molecular flexibility index (Phi) is 7.55. The van der Waals surface area contributed by atoms with Gasteiger partial charge in [0.05, 0.1) is 11.4 Å². The number of fused-ring (bicyclic) bond motifs is 7. The molecular formula is C55H38N2. The van der Waals surface area contributed by atoms with Crippen LogP contribution >= 0.6 is 0 Å².